The lowest BCUT2D eigenvalue weighted by Gasteiger charge is -2.40. The van der Waals surface area contributed by atoms with Crippen molar-refractivity contribution < 1.29 is 0 Å². The summed E-state index contributed by atoms with van der Waals surface area (Å²) in [6, 6.07) is 109. The molecule has 3 heteroatoms. The average molecular weight is 1030 g/mol. The van der Waals surface area contributed by atoms with E-state index in [2.05, 4.69) is 290 Å². The minimum absolute atomic E-state index is 0.543. The molecule has 1 nitrogen and oxygen atoms in total. The van der Waals surface area contributed by atoms with Gasteiger partial charge < -0.3 is 4.90 Å². The summed E-state index contributed by atoms with van der Waals surface area (Å²) in [5.41, 5.74) is 25.0. The van der Waals surface area contributed by atoms with E-state index in [0.29, 0.717) is 0 Å². The van der Waals surface area contributed by atoms with E-state index in [1.54, 1.807) is 0 Å². The van der Waals surface area contributed by atoms with Gasteiger partial charge in [-0.25, -0.2) is 0 Å². The zero-order valence-corrected chi connectivity index (χ0v) is 44.0. The molecule has 17 rings (SSSR count). The van der Waals surface area contributed by atoms with Crippen LogP contribution in [0.25, 0.3) is 33.4 Å². The van der Waals surface area contributed by atoms with Crippen LogP contribution in [0.3, 0.4) is 0 Å². The van der Waals surface area contributed by atoms with Crippen molar-refractivity contribution in [2.45, 2.75) is 35.8 Å². The number of anilines is 3. The molecule has 0 radical (unpaired) electrons. The fraction of sp³-hybridized carbons (Fsp3) is 0.0400. The van der Waals surface area contributed by atoms with Crippen LogP contribution < -0.4 is 4.90 Å². The van der Waals surface area contributed by atoms with Crippen LogP contribution in [0.2, 0.25) is 0 Å². The Hall–Kier alpha value is -8.86. The van der Waals surface area contributed by atoms with Crippen LogP contribution in [-0.2, 0) is 16.2 Å². The third kappa shape index (κ3) is 5.69. The topological polar surface area (TPSA) is 3.24 Å². The SMILES string of the molecule is c1ccc(C2(c3ccccc3)c3ccccc3-c3ccc(N(c4ccc5c(c4)C4(c6ccccc6Sc6ccccc64)c4ccccc4-5)c4ccc5c(c4)C4(c6ccccc6Sc6ccccc64)c4ccccc4-5)cc32)cc1. The van der Waals surface area contributed by atoms with Crippen LogP contribution in [0.4, 0.5) is 17.1 Å². The fourth-order valence-electron chi connectivity index (χ4n) is 15.0. The Labute approximate surface area is 463 Å². The molecule has 0 unspecified atom stereocenters. The van der Waals surface area contributed by atoms with Crippen molar-refractivity contribution in [1.29, 1.82) is 0 Å². The van der Waals surface area contributed by atoms with Gasteiger partial charge in [0.05, 0.1) is 16.2 Å². The Balaban J connectivity index is 0.975. The maximum atomic E-state index is 2.59. The molecule has 2 spiro atoms. The minimum atomic E-state index is -0.580. The molecule has 12 aromatic carbocycles. The molecule has 0 saturated heterocycles. The molecule has 364 valence electrons. The van der Waals surface area contributed by atoms with Crippen LogP contribution in [0.1, 0.15) is 66.8 Å². The summed E-state index contributed by atoms with van der Waals surface area (Å²) in [6.07, 6.45) is 0. The Morgan fingerprint density at radius 3 is 0.808 bits per heavy atom. The summed E-state index contributed by atoms with van der Waals surface area (Å²) in [5.74, 6) is 0. The number of fused-ring (bicyclic) bond motifs is 21. The number of rotatable bonds is 5. The molecular weight excluding hydrogens is 979 g/mol. The maximum Gasteiger partial charge on any atom is 0.0736 e. The highest BCUT2D eigenvalue weighted by Crippen LogP contribution is 2.66. The summed E-state index contributed by atoms with van der Waals surface area (Å²) in [5, 5.41) is 0. The zero-order chi connectivity index (χ0) is 51.2. The first-order valence-electron chi connectivity index (χ1n) is 27.1. The second kappa shape index (κ2) is 16.6. The Morgan fingerprint density at radius 2 is 0.462 bits per heavy atom. The van der Waals surface area contributed by atoms with Crippen molar-refractivity contribution >= 4 is 40.6 Å². The Morgan fingerprint density at radius 1 is 0.205 bits per heavy atom. The molecule has 78 heavy (non-hydrogen) atoms. The monoisotopic (exact) mass is 1030 g/mol. The molecule has 0 aromatic heterocycles. The molecule has 0 bridgehead atoms. The van der Waals surface area contributed by atoms with E-state index in [4.69, 9.17) is 0 Å². The predicted molar refractivity (Wildman–Crippen MR) is 321 cm³/mol. The smallest absolute Gasteiger partial charge is 0.0736 e. The van der Waals surface area contributed by atoms with Gasteiger partial charge in [0.25, 0.3) is 0 Å². The quantitative estimate of drug-likeness (QED) is 0.169. The number of hydrogen-bond acceptors (Lipinski definition) is 3. The van der Waals surface area contributed by atoms with E-state index in [1.165, 1.54) is 120 Å². The van der Waals surface area contributed by atoms with Gasteiger partial charge in [-0.15, -0.1) is 0 Å². The van der Waals surface area contributed by atoms with Crippen molar-refractivity contribution in [2.24, 2.45) is 0 Å². The largest absolute Gasteiger partial charge is 0.310 e. The number of hydrogen-bond donors (Lipinski definition) is 0. The molecule has 3 aliphatic carbocycles. The predicted octanol–water partition coefficient (Wildman–Crippen LogP) is 19.2. The molecule has 0 fully saturated rings. The normalized spacial score (nSPS) is 15.1. The highest BCUT2D eigenvalue weighted by atomic mass is 32.2. The van der Waals surface area contributed by atoms with E-state index in [0.717, 1.165) is 17.1 Å². The van der Waals surface area contributed by atoms with Crippen LogP contribution in [0.15, 0.2) is 305 Å². The number of benzene rings is 12. The van der Waals surface area contributed by atoms with Crippen LogP contribution >= 0.6 is 23.5 Å². The first-order chi connectivity index (χ1) is 38.7. The Kier molecular flexibility index (Phi) is 9.41. The molecule has 0 saturated carbocycles. The van der Waals surface area contributed by atoms with Crippen molar-refractivity contribution in [1.82, 2.24) is 0 Å². The second-order valence-corrected chi connectivity index (χ2v) is 23.5. The standard InChI is InChI=1S/C75H47NS2/c1-3-21-48(22-4-1)73(49-23-5-2-6-24-49)59-28-10-7-25-53(59)56-42-39-50(45-66(56)73)76(51-40-43-57-54-26-8-11-29-60(54)74(67(57)46-51)62-31-13-17-35-69(62)77-70-36-18-14-32-63(70)74)52-41-44-58-55-27-9-12-30-61(55)75(68(58)47-52)64-33-15-19-37-71(64)78-72-38-20-16-34-65(72)75/h1-47H. The lowest BCUT2D eigenvalue weighted by atomic mass is 9.67. The number of nitrogens with zero attached hydrogens (tertiary/aromatic N) is 1. The van der Waals surface area contributed by atoms with E-state index < -0.39 is 16.2 Å². The molecule has 0 N–H and O–H groups in total. The average Bonchev–Trinajstić information content (AvgIpc) is 4.12. The van der Waals surface area contributed by atoms with Gasteiger partial charge in [0.2, 0.25) is 0 Å². The van der Waals surface area contributed by atoms with Crippen LogP contribution in [-0.4, -0.2) is 0 Å². The van der Waals surface area contributed by atoms with E-state index in [9.17, 15) is 0 Å². The highest BCUT2D eigenvalue weighted by molar-refractivity contribution is 7.99. The van der Waals surface area contributed by atoms with Crippen molar-refractivity contribution in [3.05, 3.63) is 352 Å². The summed E-state index contributed by atoms with van der Waals surface area (Å²) < 4.78 is 0. The second-order valence-electron chi connectivity index (χ2n) is 21.3. The van der Waals surface area contributed by atoms with Gasteiger partial charge in [0, 0.05) is 36.6 Å². The summed E-state index contributed by atoms with van der Waals surface area (Å²) >= 11 is 3.79. The maximum absolute atomic E-state index is 2.59. The van der Waals surface area contributed by atoms with Gasteiger partial charge >= 0.3 is 0 Å². The van der Waals surface area contributed by atoms with Crippen molar-refractivity contribution in [3.8, 4) is 33.4 Å². The molecule has 0 atom stereocenters. The Bertz CT molecular complexity index is 4150. The van der Waals surface area contributed by atoms with Gasteiger partial charge in [-0.05, 0) is 161 Å². The van der Waals surface area contributed by atoms with E-state index in [1.807, 2.05) is 23.5 Å². The van der Waals surface area contributed by atoms with Crippen LogP contribution in [0.5, 0.6) is 0 Å². The van der Waals surface area contributed by atoms with Gasteiger partial charge in [0.1, 0.15) is 0 Å². The van der Waals surface area contributed by atoms with Crippen LogP contribution in [0, 0.1) is 0 Å². The minimum Gasteiger partial charge on any atom is -0.310 e. The lowest BCUT2D eigenvalue weighted by molar-refractivity contribution is 0.721. The molecule has 5 aliphatic rings. The summed E-state index contributed by atoms with van der Waals surface area (Å²) in [7, 11) is 0. The van der Waals surface area contributed by atoms with Gasteiger partial charge in [0.15, 0.2) is 0 Å². The fourth-order valence-corrected chi connectivity index (χ4v) is 17.4. The van der Waals surface area contributed by atoms with Crippen molar-refractivity contribution in [3.63, 3.8) is 0 Å². The third-order valence-corrected chi connectivity index (χ3v) is 20.2. The molecular formula is C75H47NS2. The first-order valence-corrected chi connectivity index (χ1v) is 28.7. The van der Waals surface area contributed by atoms with Gasteiger partial charge in [-0.1, -0.05) is 248 Å². The molecule has 2 aliphatic heterocycles. The van der Waals surface area contributed by atoms with E-state index in [-0.39, 0.29) is 0 Å². The highest BCUT2D eigenvalue weighted by Gasteiger charge is 2.53. The summed E-state index contributed by atoms with van der Waals surface area (Å²) in [6.45, 7) is 0. The summed E-state index contributed by atoms with van der Waals surface area (Å²) in [4.78, 5) is 7.78. The van der Waals surface area contributed by atoms with Gasteiger partial charge in [-0.3, -0.25) is 0 Å². The zero-order valence-electron chi connectivity index (χ0n) is 42.4. The lowest BCUT2D eigenvalue weighted by Crippen LogP contribution is -2.32. The first kappa shape index (κ1) is 44.3. The third-order valence-electron chi connectivity index (χ3n) is 17.9. The molecule has 12 aromatic rings. The van der Waals surface area contributed by atoms with Crippen molar-refractivity contribution in [2.75, 3.05) is 4.90 Å². The molecule has 2 heterocycles. The van der Waals surface area contributed by atoms with Gasteiger partial charge in [-0.2, -0.15) is 0 Å². The van der Waals surface area contributed by atoms with E-state index >= 15 is 0 Å². The molecule has 0 amide bonds.